The molecule has 18 heavy (non-hydrogen) atoms. The van der Waals surface area contributed by atoms with Crippen LogP contribution in [0.5, 0.6) is 0 Å². The number of nitrogens with zero attached hydrogens (tertiary/aromatic N) is 1. The molecule has 7 nitrogen and oxygen atoms in total. The minimum Gasteiger partial charge on any atom is -0.395 e. The Kier molecular flexibility index (Phi) is 2.84. The summed E-state index contributed by atoms with van der Waals surface area (Å²) in [5, 5.41) is 9.13. The van der Waals surface area contributed by atoms with Crippen LogP contribution in [-0.2, 0) is 9.84 Å². The molecule has 0 bridgehead atoms. The number of aryl methyl sites for hydroxylation is 1. The van der Waals surface area contributed by atoms with E-state index in [1.165, 1.54) is 0 Å². The fourth-order valence-electron chi connectivity index (χ4n) is 2.05. The molecule has 4 N–H and O–H groups in total. The van der Waals surface area contributed by atoms with Gasteiger partial charge in [-0.25, -0.2) is 8.42 Å². The van der Waals surface area contributed by atoms with E-state index in [0.29, 0.717) is 12.1 Å². The van der Waals surface area contributed by atoms with Crippen molar-refractivity contribution in [3.05, 3.63) is 11.4 Å². The minimum absolute atomic E-state index is 0.0466. The highest BCUT2D eigenvalue weighted by Gasteiger charge is 2.40. The first-order valence-electron chi connectivity index (χ1n) is 5.56. The van der Waals surface area contributed by atoms with Gasteiger partial charge in [0.1, 0.15) is 0 Å². The Morgan fingerprint density at radius 1 is 1.56 bits per heavy atom. The van der Waals surface area contributed by atoms with Gasteiger partial charge in [0.2, 0.25) is 0 Å². The third kappa shape index (κ3) is 2.33. The molecule has 2 heterocycles. The number of carbonyl (C=O) groups excluding carboxylic acids is 1. The summed E-state index contributed by atoms with van der Waals surface area (Å²) in [6.07, 6.45) is 0.407. The van der Waals surface area contributed by atoms with E-state index in [9.17, 15) is 13.2 Å². The second-order valence-corrected chi connectivity index (χ2v) is 7.15. The fraction of sp³-hybridized carbons (Fsp3) is 0.600. The smallest absolute Gasteiger partial charge is 0.274 e. The number of aromatic amines is 1. The number of amides is 1. The summed E-state index contributed by atoms with van der Waals surface area (Å²) in [4.78, 5) is 12.0. The number of nitrogen functional groups attached to an aromatic ring is 1. The minimum atomic E-state index is -3.06. The van der Waals surface area contributed by atoms with Gasteiger partial charge in [-0.05, 0) is 20.3 Å². The highest BCUT2D eigenvalue weighted by Crippen LogP contribution is 2.24. The van der Waals surface area contributed by atoms with Crippen LogP contribution in [0.15, 0.2) is 0 Å². The molecule has 2 rings (SSSR count). The molecule has 0 aromatic carbocycles. The summed E-state index contributed by atoms with van der Waals surface area (Å²) < 4.78 is 22.9. The predicted molar refractivity (Wildman–Crippen MR) is 66.9 cm³/mol. The Morgan fingerprint density at radius 3 is 2.67 bits per heavy atom. The number of sulfone groups is 1. The Hall–Kier alpha value is -1.57. The van der Waals surface area contributed by atoms with Crippen molar-refractivity contribution in [2.24, 2.45) is 0 Å². The van der Waals surface area contributed by atoms with Crippen molar-refractivity contribution in [2.75, 3.05) is 17.2 Å². The highest BCUT2D eigenvalue weighted by atomic mass is 32.2. The zero-order chi connectivity index (χ0) is 13.6. The van der Waals surface area contributed by atoms with Crippen molar-refractivity contribution in [2.45, 2.75) is 25.8 Å². The fourth-order valence-corrected chi connectivity index (χ4v) is 4.15. The molecule has 1 saturated heterocycles. The molecule has 1 amide bonds. The Balaban J connectivity index is 2.16. The summed E-state index contributed by atoms with van der Waals surface area (Å²) in [6.45, 7) is 3.42. The lowest BCUT2D eigenvalue weighted by atomic mass is 10.0. The number of rotatable bonds is 2. The quantitative estimate of drug-likeness (QED) is 0.677. The first kappa shape index (κ1) is 12.9. The van der Waals surface area contributed by atoms with E-state index in [1.807, 2.05) is 0 Å². The molecule has 0 saturated carbocycles. The van der Waals surface area contributed by atoms with Gasteiger partial charge in [-0.1, -0.05) is 0 Å². The molecule has 1 fully saturated rings. The van der Waals surface area contributed by atoms with E-state index in [4.69, 9.17) is 5.73 Å². The largest absolute Gasteiger partial charge is 0.395 e. The van der Waals surface area contributed by atoms with E-state index in [1.54, 1.807) is 13.8 Å². The molecular formula is C10H16N4O3S. The van der Waals surface area contributed by atoms with Crippen LogP contribution in [0, 0.1) is 6.92 Å². The standard InChI is InChI=1S/C10H16N4O3S/c1-6-7(11)8(14-13-6)9(15)12-10(2)3-4-18(16,17)5-10/h3-5,11H2,1-2H3,(H,12,15)(H,13,14). The lowest BCUT2D eigenvalue weighted by Crippen LogP contribution is -2.47. The van der Waals surface area contributed by atoms with E-state index >= 15 is 0 Å². The SMILES string of the molecule is Cc1[nH]nc(C(=O)NC2(C)CCS(=O)(=O)C2)c1N. The van der Waals surface area contributed by atoms with Gasteiger partial charge in [-0.3, -0.25) is 9.89 Å². The molecule has 1 aromatic rings. The first-order valence-corrected chi connectivity index (χ1v) is 7.38. The average Bonchev–Trinajstić information content (AvgIpc) is 2.69. The van der Waals surface area contributed by atoms with Crippen LogP contribution in [0.4, 0.5) is 5.69 Å². The normalized spacial score (nSPS) is 26.1. The van der Waals surface area contributed by atoms with Gasteiger partial charge < -0.3 is 11.1 Å². The van der Waals surface area contributed by atoms with Crippen molar-refractivity contribution < 1.29 is 13.2 Å². The number of H-pyrrole nitrogens is 1. The van der Waals surface area contributed by atoms with Crippen LogP contribution in [-0.4, -0.2) is 41.6 Å². The number of nitrogens with one attached hydrogen (secondary N) is 2. The number of aromatic nitrogens is 2. The average molecular weight is 272 g/mol. The van der Waals surface area contributed by atoms with Gasteiger partial charge in [0, 0.05) is 0 Å². The van der Waals surface area contributed by atoms with Gasteiger partial charge in [-0.2, -0.15) is 5.10 Å². The monoisotopic (exact) mass is 272 g/mol. The maximum absolute atomic E-state index is 12.0. The molecule has 1 unspecified atom stereocenters. The number of carbonyl (C=O) groups is 1. The molecule has 1 aromatic heterocycles. The third-order valence-electron chi connectivity index (χ3n) is 3.13. The van der Waals surface area contributed by atoms with Gasteiger partial charge in [0.25, 0.3) is 5.91 Å². The van der Waals surface area contributed by atoms with Gasteiger partial charge in [0.05, 0.1) is 28.4 Å². The zero-order valence-corrected chi connectivity index (χ0v) is 11.1. The van der Waals surface area contributed by atoms with Crippen molar-refractivity contribution in [3.63, 3.8) is 0 Å². The van der Waals surface area contributed by atoms with E-state index in [2.05, 4.69) is 15.5 Å². The number of hydrogen-bond acceptors (Lipinski definition) is 5. The predicted octanol–water partition coefficient (Wildman–Crippen LogP) is -0.393. The lowest BCUT2D eigenvalue weighted by molar-refractivity contribution is 0.0911. The van der Waals surface area contributed by atoms with E-state index in [0.717, 1.165) is 0 Å². The molecule has 100 valence electrons. The highest BCUT2D eigenvalue weighted by molar-refractivity contribution is 7.91. The topological polar surface area (TPSA) is 118 Å². The van der Waals surface area contributed by atoms with Crippen molar-refractivity contribution >= 4 is 21.4 Å². The summed E-state index contributed by atoms with van der Waals surface area (Å²) in [5.41, 5.74) is 5.97. The van der Waals surface area contributed by atoms with Crippen LogP contribution in [0.1, 0.15) is 29.5 Å². The molecule has 1 atom stereocenters. The second kappa shape index (κ2) is 3.98. The van der Waals surface area contributed by atoms with Crippen LogP contribution >= 0.6 is 0 Å². The maximum atomic E-state index is 12.0. The molecule has 1 aliphatic rings. The van der Waals surface area contributed by atoms with Crippen LogP contribution in [0.3, 0.4) is 0 Å². The molecule has 1 aliphatic heterocycles. The van der Waals surface area contributed by atoms with Crippen LogP contribution in [0.2, 0.25) is 0 Å². The molecule has 8 heteroatoms. The summed E-state index contributed by atoms with van der Waals surface area (Å²) in [7, 11) is -3.06. The van der Waals surface area contributed by atoms with E-state index < -0.39 is 21.3 Å². The van der Waals surface area contributed by atoms with Crippen molar-refractivity contribution in [1.82, 2.24) is 15.5 Å². The summed E-state index contributed by atoms with van der Waals surface area (Å²) in [6, 6.07) is 0. The maximum Gasteiger partial charge on any atom is 0.274 e. The zero-order valence-electron chi connectivity index (χ0n) is 10.3. The van der Waals surface area contributed by atoms with Crippen LogP contribution < -0.4 is 11.1 Å². The van der Waals surface area contributed by atoms with Crippen molar-refractivity contribution in [1.29, 1.82) is 0 Å². The number of anilines is 1. The van der Waals surface area contributed by atoms with Gasteiger partial charge in [0.15, 0.2) is 15.5 Å². The van der Waals surface area contributed by atoms with Gasteiger partial charge >= 0.3 is 0 Å². The summed E-state index contributed by atoms with van der Waals surface area (Å²) >= 11 is 0. The molecule has 0 aliphatic carbocycles. The summed E-state index contributed by atoms with van der Waals surface area (Å²) in [5.74, 6) is -0.398. The lowest BCUT2D eigenvalue weighted by Gasteiger charge is -2.23. The second-order valence-electron chi connectivity index (χ2n) is 4.97. The van der Waals surface area contributed by atoms with E-state index in [-0.39, 0.29) is 22.9 Å². The number of hydrogen-bond donors (Lipinski definition) is 3. The first-order chi connectivity index (χ1) is 8.22. The van der Waals surface area contributed by atoms with Crippen molar-refractivity contribution in [3.8, 4) is 0 Å². The third-order valence-corrected chi connectivity index (χ3v) is 5.03. The number of nitrogens with two attached hydrogens (primary N) is 1. The van der Waals surface area contributed by atoms with Gasteiger partial charge in [-0.15, -0.1) is 0 Å². The Bertz CT molecular complexity index is 592. The Morgan fingerprint density at radius 2 is 2.22 bits per heavy atom. The van der Waals surface area contributed by atoms with Crippen LogP contribution in [0.25, 0.3) is 0 Å². The molecular weight excluding hydrogens is 256 g/mol. The molecule has 0 radical (unpaired) electrons. The molecule has 0 spiro atoms. The Labute approximate surface area is 105 Å².